The number of amides is 1. The largest absolute Gasteiger partial charge is 0.481 e. The first-order chi connectivity index (χ1) is 23.3. The molecular weight excluding hydrogens is 647 g/mol. The van der Waals surface area contributed by atoms with Gasteiger partial charge in [-0.2, -0.15) is 0 Å². The number of fused-ring (bicyclic) bond motifs is 1. The molecule has 0 aliphatic carbocycles. The molecule has 0 saturated carbocycles. The molecule has 0 bridgehead atoms. The van der Waals surface area contributed by atoms with E-state index in [4.69, 9.17) is 42.6 Å². The molecule has 11 heteroatoms. The van der Waals surface area contributed by atoms with Gasteiger partial charge in [-0.1, -0.05) is 65.7 Å². The summed E-state index contributed by atoms with van der Waals surface area (Å²) in [6.07, 6.45) is 3.67. The molecule has 1 saturated heterocycles. The van der Waals surface area contributed by atoms with Crippen LogP contribution in [-0.4, -0.2) is 59.9 Å². The lowest BCUT2D eigenvalue weighted by Gasteiger charge is -2.15. The minimum absolute atomic E-state index is 0.106. The highest BCUT2D eigenvalue weighted by Gasteiger charge is 2.21. The van der Waals surface area contributed by atoms with Gasteiger partial charge in [0.25, 0.3) is 0 Å². The Morgan fingerprint density at radius 3 is 2.19 bits per heavy atom. The first-order valence-corrected chi connectivity index (χ1v) is 16.8. The second kappa shape index (κ2) is 15.1. The van der Waals surface area contributed by atoms with E-state index in [-0.39, 0.29) is 18.1 Å². The van der Waals surface area contributed by atoms with Gasteiger partial charge in [-0.05, 0) is 37.1 Å². The first kappa shape index (κ1) is 33.9. The molecular formula is C37H40Cl2N6O3. The highest BCUT2D eigenvalue weighted by atomic mass is 35.5. The fourth-order valence-corrected chi connectivity index (χ4v) is 6.78. The van der Waals surface area contributed by atoms with Crippen molar-refractivity contribution in [2.24, 2.45) is 7.05 Å². The molecule has 6 rings (SSSR count). The van der Waals surface area contributed by atoms with E-state index >= 15 is 0 Å². The number of aryl methyl sites for hydroxylation is 1. The van der Waals surface area contributed by atoms with Crippen molar-refractivity contribution in [3.63, 3.8) is 0 Å². The highest BCUT2D eigenvalue weighted by molar-refractivity contribution is 6.39. The minimum Gasteiger partial charge on any atom is -0.481 e. The predicted octanol–water partition coefficient (Wildman–Crippen LogP) is 6.78. The van der Waals surface area contributed by atoms with Crippen molar-refractivity contribution in [2.45, 2.75) is 45.0 Å². The highest BCUT2D eigenvalue weighted by Crippen LogP contribution is 2.42. The third kappa shape index (κ3) is 7.21. The summed E-state index contributed by atoms with van der Waals surface area (Å²) in [5.41, 5.74) is 7.63. The molecule has 1 fully saturated rings. The van der Waals surface area contributed by atoms with Crippen molar-refractivity contribution in [1.29, 1.82) is 0 Å². The molecule has 250 valence electrons. The molecule has 0 spiro atoms. The summed E-state index contributed by atoms with van der Waals surface area (Å²) < 4.78 is 13.1. The van der Waals surface area contributed by atoms with Crippen molar-refractivity contribution in [3.8, 4) is 39.5 Å². The van der Waals surface area contributed by atoms with Crippen LogP contribution in [0.2, 0.25) is 10.0 Å². The maximum absolute atomic E-state index is 11.5. The van der Waals surface area contributed by atoms with Crippen molar-refractivity contribution in [2.75, 3.05) is 27.3 Å². The number of nitrogens with zero attached hydrogens (tertiary/aromatic N) is 3. The number of hydrogen-bond acceptors (Lipinski definition) is 7. The number of carbonyl (C=O) groups is 1. The number of nitrogens with one attached hydrogen (secondary N) is 3. The Labute approximate surface area is 291 Å². The zero-order valence-electron chi connectivity index (χ0n) is 27.6. The minimum atomic E-state index is 0.106. The van der Waals surface area contributed by atoms with E-state index in [0.717, 1.165) is 64.1 Å². The number of hydrogen-bond donors (Lipinski definition) is 3. The average molecular weight is 688 g/mol. The zero-order chi connectivity index (χ0) is 33.8. The second-order valence-corrected chi connectivity index (χ2v) is 12.9. The van der Waals surface area contributed by atoms with E-state index in [1.54, 1.807) is 14.2 Å². The first-order valence-electron chi connectivity index (χ1n) is 16.1. The van der Waals surface area contributed by atoms with Gasteiger partial charge in [0.05, 0.1) is 34.6 Å². The van der Waals surface area contributed by atoms with E-state index < -0.39 is 0 Å². The van der Waals surface area contributed by atoms with Crippen molar-refractivity contribution < 1.29 is 14.3 Å². The van der Waals surface area contributed by atoms with E-state index in [9.17, 15) is 4.79 Å². The van der Waals surface area contributed by atoms with E-state index in [1.165, 1.54) is 5.56 Å². The molecule has 0 radical (unpaired) electrons. The third-order valence-electron chi connectivity index (χ3n) is 8.82. The summed E-state index contributed by atoms with van der Waals surface area (Å²) in [5.74, 6) is 0.622. The number of carbonyl (C=O) groups excluding carboxylic acids is 1. The Hall–Kier alpha value is -3.99. The summed E-state index contributed by atoms with van der Waals surface area (Å²) in [4.78, 5) is 21.3. The number of benzene rings is 2. The van der Waals surface area contributed by atoms with Crippen molar-refractivity contribution in [1.82, 2.24) is 30.5 Å². The standard InChI is InChI=1S/C37H40Cl2N6O3/c1-22(47-3)17-40-19-24-21-45(2)36-26(24)13-15-31(43-36)29-9-5-7-27(34(29)38)28-8-6-10-30(35(28)39)32-14-11-23(37(44-32)48-4)18-41-20-25-12-16-33(46)42-25/h5-11,13-15,21-22,25,40-41H,12,16-20H2,1-4H3,(H,42,46)/t22-,25-/m0/s1. The van der Waals surface area contributed by atoms with E-state index in [0.29, 0.717) is 41.1 Å². The summed E-state index contributed by atoms with van der Waals surface area (Å²) >= 11 is 14.2. The lowest BCUT2D eigenvalue weighted by molar-refractivity contribution is -0.119. The molecule has 0 unspecified atom stereocenters. The molecule has 2 atom stereocenters. The predicted molar refractivity (Wildman–Crippen MR) is 192 cm³/mol. The monoisotopic (exact) mass is 686 g/mol. The number of pyridine rings is 2. The van der Waals surface area contributed by atoms with Gasteiger partial charge in [0.15, 0.2) is 0 Å². The van der Waals surface area contributed by atoms with Gasteiger partial charge in [0.2, 0.25) is 11.8 Å². The Morgan fingerprint density at radius 2 is 1.54 bits per heavy atom. The van der Waals surface area contributed by atoms with E-state index in [2.05, 4.69) is 28.2 Å². The SMILES string of the molecule is COc1nc(-c2cccc(-c3cccc(-c4ccc5c(CNC[C@H](C)OC)cn(C)c5n4)c3Cl)c2Cl)ccc1CNC[C@@H]1CCC(=O)N1. The maximum Gasteiger partial charge on any atom is 0.220 e. The third-order valence-corrected chi connectivity index (χ3v) is 9.63. The molecule has 9 nitrogen and oxygen atoms in total. The molecule has 1 amide bonds. The molecule has 5 aromatic rings. The van der Waals surface area contributed by atoms with Crippen LogP contribution >= 0.6 is 23.2 Å². The zero-order valence-corrected chi connectivity index (χ0v) is 29.1. The number of aromatic nitrogens is 3. The molecule has 48 heavy (non-hydrogen) atoms. The number of halogens is 2. The molecule has 1 aliphatic rings. The molecule has 2 aromatic carbocycles. The summed E-state index contributed by atoms with van der Waals surface area (Å²) in [7, 11) is 5.33. The fraction of sp³-hybridized carbons (Fsp3) is 0.324. The van der Waals surface area contributed by atoms with Crippen LogP contribution in [0.1, 0.15) is 30.9 Å². The van der Waals surface area contributed by atoms with Crippen molar-refractivity contribution >= 4 is 40.1 Å². The average Bonchev–Trinajstić information content (AvgIpc) is 3.66. The Kier molecular flexibility index (Phi) is 10.6. The summed E-state index contributed by atoms with van der Waals surface area (Å²) in [6.45, 7) is 4.77. The molecule has 1 aliphatic heterocycles. The lowest BCUT2D eigenvalue weighted by atomic mass is 9.98. The van der Waals surface area contributed by atoms with Gasteiger partial charge in [0.1, 0.15) is 5.65 Å². The molecule has 3 aromatic heterocycles. The quantitative estimate of drug-likeness (QED) is 0.126. The van der Waals surface area contributed by atoms with Crippen LogP contribution in [0.3, 0.4) is 0 Å². The van der Waals surface area contributed by atoms with Crippen LogP contribution in [0.4, 0.5) is 0 Å². The van der Waals surface area contributed by atoms with Gasteiger partial charge in [-0.3, -0.25) is 4.79 Å². The van der Waals surface area contributed by atoms with Crippen LogP contribution in [-0.2, 0) is 29.7 Å². The Balaban J connectivity index is 1.25. The molecule has 3 N–H and O–H groups in total. The van der Waals surface area contributed by atoms with Gasteiger partial charge in [0, 0.05) is 92.2 Å². The lowest BCUT2D eigenvalue weighted by Crippen LogP contribution is -2.35. The van der Waals surface area contributed by atoms with Gasteiger partial charge >= 0.3 is 0 Å². The topological polar surface area (TPSA) is 102 Å². The summed E-state index contributed by atoms with van der Waals surface area (Å²) in [6, 6.07) is 20.0. The Bertz CT molecular complexity index is 1940. The van der Waals surface area contributed by atoms with Crippen LogP contribution in [0, 0.1) is 0 Å². The van der Waals surface area contributed by atoms with E-state index in [1.807, 2.05) is 73.1 Å². The fourth-order valence-electron chi connectivity index (χ4n) is 6.13. The van der Waals surface area contributed by atoms with Gasteiger partial charge in [-0.15, -0.1) is 0 Å². The van der Waals surface area contributed by atoms with Crippen LogP contribution < -0.4 is 20.7 Å². The van der Waals surface area contributed by atoms with Crippen LogP contribution in [0.5, 0.6) is 5.88 Å². The van der Waals surface area contributed by atoms with Gasteiger partial charge < -0.3 is 30.0 Å². The molecule has 4 heterocycles. The maximum atomic E-state index is 11.5. The number of ether oxygens (including phenoxy) is 2. The second-order valence-electron chi connectivity index (χ2n) is 12.1. The smallest absolute Gasteiger partial charge is 0.220 e. The van der Waals surface area contributed by atoms with Crippen LogP contribution in [0.15, 0.2) is 66.9 Å². The van der Waals surface area contributed by atoms with Crippen molar-refractivity contribution in [3.05, 3.63) is 88.0 Å². The Morgan fingerprint density at radius 1 is 0.896 bits per heavy atom. The summed E-state index contributed by atoms with van der Waals surface area (Å²) in [5, 5.41) is 12.0. The van der Waals surface area contributed by atoms with Gasteiger partial charge in [-0.25, -0.2) is 9.97 Å². The number of rotatable bonds is 13. The number of methoxy groups -OCH3 is 2. The van der Waals surface area contributed by atoms with Crippen LogP contribution in [0.25, 0.3) is 44.7 Å². The normalized spacial score (nSPS) is 15.2.